The molecule has 0 aromatic heterocycles. The predicted molar refractivity (Wildman–Crippen MR) is 180 cm³/mol. The Bertz CT molecular complexity index is 1070. The summed E-state index contributed by atoms with van der Waals surface area (Å²) in [5.74, 6) is 4.86. The monoisotopic (exact) mass is 671 g/mol. The van der Waals surface area contributed by atoms with Crippen LogP contribution in [0.1, 0.15) is 112 Å². The number of allylic oxidation sites excluding steroid dienone is 1. The zero-order valence-corrected chi connectivity index (χ0v) is 31.1. The number of phosphoric acid groups is 1. The van der Waals surface area contributed by atoms with E-state index in [0.717, 1.165) is 54.8 Å². The van der Waals surface area contributed by atoms with Crippen LogP contribution >= 0.6 is 7.82 Å². The molecule has 0 saturated heterocycles. The number of fused-ring (bicyclic) bond motifs is 5. The molecule has 0 aromatic carbocycles. The van der Waals surface area contributed by atoms with Crippen LogP contribution in [0.2, 0.25) is 0 Å². The van der Waals surface area contributed by atoms with E-state index in [-0.39, 0.29) is 43.2 Å². The summed E-state index contributed by atoms with van der Waals surface area (Å²) in [6, 6.07) is 0. The summed E-state index contributed by atoms with van der Waals surface area (Å²) in [6.07, 6.45) is 15.5. The quantitative estimate of drug-likeness (QED) is 0.0604. The molecular formula is C36H66NO8P. The number of ether oxygens (including phenoxy) is 2. The van der Waals surface area contributed by atoms with E-state index in [1.807, 2.05) is 21.1 Å². The minimum Gasteiger partial charge on any atom is -0.870 e. The van der Waals surface area contributed by atoms with Gasteiger partial charge in [0, 0.05) is 12.8 Å². The first-order valence-corrected chi connectivity index (χ1v) is 19.5. The van der Waals surface area contributed by atoms with E-state index in [9.17, 15) is 14.3 Å². The second-order valence-corrected chi connectivity index (χ2v) is 18.3. The minimum atomic E-state index is -4.12. The second kappa shape index (κ2) is 16.2. The largest absolute Gasteiger partial charge is 0.870 e. The molecule has 0 radical (unpaired) electrons. The smallest absolute Gasteiger partial charge is 0.508 e. The van der Waals surface area contributed by atoms with Crippen LogP contribution in [0.15, 0.2) is 11.6 Å². The van der Waals surface area contributed by atoms with Gasteiger partial charge in [-0.15, -0.1) is 0 Å². The number of hydrogen-bond acceptors (Lipinski definition) is 7. The number of rotatable bonds is 15. The van der Waals surface area contributed by atoms with Crippen LogP contribution in [0.5, 0.6) is 0 Å². The van der Waals surface area contributed by atoms with Gasteiger partial charge in [-0.05, 0) is 91.3 Å². The highest BCUT2D eigenvalue weighted by molar-refractivity contribution is 7.47. The molecule has 4 unspecified atom stereocenters. The van der Waals surface area contributed by atoms with E-state index in [2.05, 4.69) is 40.7 Å². The molecule has 4 aliphatic carbocycles. The fourth-order valence-corrected chi connectivity index (χ4v) is 10.5. The first kappa shape index (κ1) is 39.5. The summed E-state index contributed by atoms with van der Waals surface area (Å²) in [5, 5.41) is 0. The fourth-order valence-electron chi connectivity index (χ4n) is 9.78. The van der Waals surface area contributed by atoms with E-state index in [4.69, 9.17) is 18.5 Å². The van der Waals surface area contributed by atoms with Crippen molar-refractivity contribution in [2.75, 3.05) is 47.5 Å². The lowest BCUT2D eigenvalue weighted by molar-refractivity contribution is -0.870. The third-order valence-electron chi connectivity index (χ3n) is 12.3. The Kier molecular flexibility index (Phi) is 13.9. The van der Waals surface area contributed by atoms with Crippen molar-refractivity contribution in [3.8, 4) is 0 Å². The van der Waals surface area contributed by atoms with Crippen LogP contribution in [0.3, 0.4) is 0 Å². The van der Waals surface area contributed by atoms with Crippen molar-refractivity contribution < 1.29 is 42.7 Å². The molecule has 268 valence electrons. The van der Waals surface area contributed by atoms with E-state index in [0.29, 0.717) is 16.4 Å². The van der Waals surface area contributed by atoms with Crippen molar-refractivity contribution in [1.29, 1.82) is 0 Å². The van der Waals surface area contributed by atoms with Gasteiger partial charge >= 0.3 is 14.0 Å². The van der Waals surface area contributed by atoms with Crippen molar-refractivity contribution in [2.45, 2.75) is 118 Å². The van der Waals surface area contributed by atoms with Gasteiger partial charge in [0.05, 0.1) is 34.4 Å². The van der Waals surface area contributed by atoms with Gasteiger partial charge in [0.2, 0.25) is 0 Å². The number of phosphoric ester groups is 1. The van der Waals surface area contributed by atoms with E-state index >= 15 is 0 Å². The number of quaternary nitrogens is 1. The fraction of sp³-hybridized carbons (Fsp3) is 0.917. The lowest BCUT2D eigenvalue weighted by Crippen LogP contribution is -2.51. The summed E-state index contributed by atoms with van der Waals surface area (Å²) in [7, 11) is 1.81. The van der Waals surface area contributed by atoms with Crippen molar-refractivity contribution >= 4 is 14.0 Å². The number of carbonyl (C=O) groups is 1. The molecule has 0 amide bonds. The van der Waals surface area contributed by atoms with E-state index in [1.54, 1.807) is 0 Å². The van der Waals surface area contributed by atoms with Gasteiger partial charge in [-0.1, -0.05) is 65.5 Å². The standard InChI is InChI=1S/C36H64NO7P.H2O/c1-26(2)11-9-12-27(3)31-15-16-32-30-14-13-28-25-29(17-19-35(28,4)33(30)18-20-36(31,32)5)44-34(38)41-22-10-23-42-45(39,40)43-24-21-37(6,7)8;/h13,26-27,29-33H,9-12,14-25H2,1-8H3;1H2/t27-,29+,30?,31-,32?,33?,35+,36-;/m1./s1. The summed E-state index contributed by atoms with van der Waals surface area (Å²) in [4.78, 5) is 22.3. The summed E-state index contributed by atoms with van der Waals surface area (Å²) >= 11 is 0. The van der Waals surface area contributed by atoms with Crippen LogP contribution in [0.25, 0.3) is 0 Å². The highest BCUT2D eigenvalue weighted by Crippen LogP contribution is 2.67. The first-order chi connectivity index (χ1) is 21.0. The third kappa shape index (κ3) is 9.81. The van der Waals surface area contributed by atoms with Crippen LogP contribution in [0, 0.1) is 46.3 Å². The zero-order chi connectivity index (χ0) is 33.0. The second-order valence-electron chi connectivity index (χ2n) is 16.9. The van der Waals surface area contributed by atoms with Crippen LogP contribution < -0.4 is 0 Å². The predicted octanol–water partition coefficient (Wildman–Crippen LogP) is 8.60. The third-order valence-corrected chi connectivity index (χ3v) is 13.3. The number of carbonyl (C=O) groups excluding carboxylic acids is 1. The molecule has 2 N–H and O–H groups in total. The highest BCUT2D eigenvalue weighted by Gasteiger charge is 2.59. The van der Waals surface area contributed by atoms with Crippen molar-refractivity contribution in [2.24, 2.45) is 46.3 Å². The molecule has 0 heterocycles. The Balaban J connectivity index is 0.00000576. The SMILES string of the molecule is CC(C)CCC[C@@H](C)[C@H]1CCC2C3CC=C4C[C@@H](OC(=O)OCCCOP(=O)(O)OCC[N+](C)(C)C)CC[C@]4(C)C3CC[C@@]21C.[OH-]. The Morgan fingerprint density at radius 3 is 2.39 bits per heavy atom. The Labute approximate surface area is 279 Å². The van der Waals surface area contributed by atoms with Gasteiger partial charge in [0.1, 0.15) is 19.3 Å². The molecule has 3 saturated carbocycles. The summed E-state index contributed by atoms with van der Waals surface area (Å²) in [5.41, 5.74) is 2.19. The van der Waals surface area contributed by atoms with Crippen molar-refractivity contribution in [3.05, 3.63) is 11.6 Å². The van der Waals surface area contributed by atoms with Gasteiger partial charge in [-0.2, -0.15) is 0 Å². The molecule has 9 nitrogen and oxygen atoms in total. The van der Waals surface area contributed by atoms with Crippen LogP contribution in [-0.4, -0.2) is 74.6 Å². The van der Waals surface area contributed by atoms with Gasteiger partial charge in [-0.3, -0.25) is 9.05 Å². The maximum absolute atomic E-state index is 12.5. The van der Waals surface area contributed by atoms with Crippen molar-refractivity contribution in [3.63, 3.8) is 0 Å². The molecule has 10 heteroatoms. The molecule has 0 aliphatic heterocycles. The molecule has 4 aliphatic rings. The van der Waals surface area contributed by atoms with Crippen LogP contribution in [0.4, 0.5) is 4.79 Å². The Hall–Kier alpha value is -0.960. The van der Waals surface area contributed by atoms with Gasteiger partial charge in [0.15, 0.2) is 0 Å². The summed E-state index contributed by atoms with van der Waals surface area (Å²) in [6.45, 7) is 13.1. The van der Waals surface area contributed by atoms with Crippen molar-refractivity contribution in [1.82, 2.24) is 0 Å². The highest BCUT2D eigenvalue weighted by atomic mass is 31.2. The Morgan fingerprint density at radius 1 is 0.978 bits per heavy atom. The molecule has 4 rings (SSSR count). The lowest BCUT2D eigenvalue weighted by Gasteiger charge is -2.58. The molecule has 0 aromatic rings. The molecule has 46 heavy (non-hydrogen) atoms. The maximum Gasteiger partial charge on any atom is 0.508 e. The number of hydrogen-bond donors (Lipinski definition) is 1. The van der Waals surface area contributed by atoms with Crippen LogP contribution in [-0.2, 0) is 23.1 Å². The van der Waals surface area contributed by atoms with Gasteiger partial charge < -0.3 is 24.3 Å². The normalized spacial score (nSPS) is 34.3. The molecular weight excluding hydrogens is 605 g/mol. The molecule has 0 bridgehead atoms. The number of likely N-dealkylation sites (N-methyl/N-ethyl adjacent to an activating group) is 1. The minimum absolute atomic E-state index is 0. The zero-order valence-electron chi connectivity index (χ0n) is 30.2. The molecule has 9 atom stereocenters. The number of nitrogens with zero attached hydrogens (tertiary/aromatic N) is 1. The lowest BCUT2D eigenvalue weighted by atomic mass is 9.47. The topological polar surface area (TPSA) is 121 Å². The molecule has 0 spiro atoms. The first-order valence-electron chi connectivity index (χ1n) is 18.0. The maximum atomic E-state index is 12.5. The molecule has 3 fully saturated rings. The van der Waals surface area contributed by atoms with E-state index in [1.165, 1.54) is 56.9 Å². The average molecular weight is 672 g/mol. The average Bonchev–Trinajstić information content (AvgIpc) is 3.29. The Morgan fingerprint density at radius 2 is 1.70 bits per heavy atom. The van der Waals surface area contributed by atoms with Gasteiger partial charge in [0.25, 0.3) is 0 Å². The van der Waals surface area contributed by atoms with E-state index < -0.39 is 14.0 Å². The summed E-state index contributed by atoms with van der Waals surface area (Å²) < 4.78 is 33.7. The van der Waals surface area contributed by atoms with Gasteiger partial charge in [-0.25, -0.2) is 9.36 Å².